The average molecular weight is 326 g/mol. The van der Waals surface area contributed by atoms with E-state index < -0.39 is 10.0 Å². The molecule has 6 heteroatoms. The molecule has 2 aromatic rings. The van der Waals surface area contributed by atoms with Crippen LogP contribution in [0.2, 0.25) is 0 Å². The summed E-state index contributed by atoms with van der Waals surface area (Å²) in [5.74, 6) is -0.327. The summed E-state index contributed by atoms with van der Waals surface area (Å²) in [7, 11) is -3.88. The second kappa shape index (κ2) is 5.48. The second-order valence-electron chi connectivity index (χ2n) is 5.24. The van der Waals surface area contributed by atoms with Crippen LogP contribution in [0.1, 0.15) is 21.5 Å². The van der Waals surface area contributed by atoms with Crippen LogP contribution in [0.25, 0.3) is 0 Å². The van der Waals surface area contributed by atoms with Crippen LogP contribution in [-0.2, 0) is 10.0 Å². The van der Waals surface area contributed by atoms with E-state index in [9.17, 15) is 13.2 Å². The summed E-state index contributed by atoms with van der Waals surface area (Å²) in [4.78, 5) is 12.1. The molecule has 0 bridgehead atoms. The molecule has 0 amide bonds. The number of sulfonamides is 1. The number of benzene rings is 2. The molecule has 3 rings (SSSR count). The highest BCUT2D eigenvalue weighted by Crippen LogP contribution is 2.22. The molecule has 2 aromatic carbocycles. The SMILES string of the molecule is Cc1ccc(S(=O)(=O)N=C2C=C(N)C(=O)c3ccccc32)cc1. The summed E-state index contributed by atoms with van der Waals surface area (Å²) in [5, 5.41) is 0. The predicted molar refractivity (Wildman–Crippen MR) is 87.9 cm³/mol. The predicted octanol–water partition coefficient (Wildman–Crippen LogP) is 2.21. The van der Waals surface area contributed by atoms with Crippen LogP contribution in [0.3, 0.4) is 0 Å². The smallest absolute Gasteiger partial charge is 0.282 e. The zero-order valence-electron chi connectivity index (χ0n) is 12.4. The van der Waals surface area contributed by atoms with E-state index in [0.29, 0.717) is 11.1 Å². The highest BCUT2D eigenvalue weighted by molar-refractivity contribution is 7.90. The zero-order valence-corrected chi connectivity index (χ0v) is 13.2. The zero-order chi connectivity index (χ0) is 16.6. The highest BCUT2D eigenvalue weighted by Gasteiger charge is 2.24. The first-order valence-corrected chi connectivity index (χ1v) is 8.35. The Morgan fingerprint density at radius 3 is 2.22 bits per heavy atom. The van der Waals surface area contributed by atoms with E-state index >= 15 is 0 Å². The minimum Gasteiger partial charge on any atom is -0.395 e. The first kappa shape index (κ1) is 15.2. The van der Waals surface area contributed by atoms with Gasteiger partial charge < -0.3 is 5.73 Å². The molecule has 0 unspecified atom stereocenters. The molecule has 23 heavy (non-hydrogen) atoms. The molecule has 0 aromatic heterocycles. The third-order valence-corrected chi connectivity index (χ3v) is 4.84. The summed E-state index contributed by atoms with van der Waals surface area (Å²) in [6.45, 7) is 1.87. The van der Waals surface area contributed by atoms with Crippen LogP contribution >= 0.6 is 0 Å². The van der Waals surface area contributed by atoms with Gasteiger partial charge in [-0.25, -0.2) is 0 Å². The normalized spacial score (nSPS) is 16.1. The van der Waals surface area contributed by atoms with Gasteiger partial charge in [-0.05, 0) is 25.1 Å². The number of hydrogen-bond acceptors (Lipinski definition) is 4. The highest BCUT2D eigenvalue weighted by atomic mass is 32.2. The van der Waals surface area contributed by atoms with Gasteiger partial charge in [0.05, 0.1) is 16.3 Å². The van der Waals surface area contributed by atoms with E-state index in [1.807, 2.05) is 6.92 Å². The molecule has 0 spiro atoms. The van der Waals surface area contributed by atoms with Crippen molar-refractivity contribution < 1.29 is 13.2 Å². The van der Waals surface area contributed by atoms with Gasteiger partial charge in [-0.3, -0.25) is 4.79 Å². The number of carbonyl (C=O) groups excluding carboxylic acids is 1. The van der Waals surface area contributed by atoms with Crippen LogP contribution in [0.5, 0.6) is 0 Å². The first-order valence-electron chi connectivity index (χ1n) is 6.91. The van der Waals surface area contributed by atoms with Crippen molar-refractivity contribution in [3.05, 3.63) is 77.0 Å². The van der Waals surface area contributed by atoms with Crippen molar-refractivity contribution in [1.82, 2.24) is 0 Å². The van der Waals surface area contributed by atoms with Crippen LogP contribution in [0.15, 0.2) is 69.6 Å². The summed E-state index contributed by atoms with van der Waals surface area (Å²) in [5.41, 5.74) is 7.60. The Labute approximate surface area is 134 Å². The number of rotatable bonds is 2. The molecule has 1 aliphatic carbocycles. The number of aryl methyl sites for hydroxylation is 1. The molecule has 5 nitrogen and oxygen atoms in total. The third kappa shape index (κ3) is 2.80. The minimum atomic E-state index is -3.88. The molecular weight excluding hydrogens is 312 g/mol. The van der Waals surface area contributed by atoms with Gasteiger partial charge in [-0.2, -0.15) is 12.8 Å². The van der Waals surface area contributed by atoms with E-state index in [1.54, 1.807) is 36.4 Å². The Morgan fingerprint density at radius 2 is 1.57 bits per heavy atom. The van der Waals surface area contributed by atoms with Crippen LogP contribution < -0.4 is 5.73 Å². The number of Topliss-reactive ketones (excluding diaryl/α,β-unsaturated/α-hetero) is 1. The molecule has 0 atom stereocenters. The largest absolute Gasteiger partial charge is 0.395 e. The summed E-state index contributed by atoms with van der Waals surface area (Å²) in [6.07, 6.45) is 1.30. The van der Waals surface area contributed by atoms with Crippen molar-refractivity contribution in [2.75, 3.05) is 0 Å². The molecule has 0 fully saturated rings. The Balaban J connectivity index is 2.15. The van der Waals surface area contributed by atoms with E-state index in [2.05, 4.69) is 4.40 Å². The van der Waals surface area contributed by atoms with Crippen molar-refractivity contribution >= 4 is 21.5 Å². The number of ketones is 1. The molecule has 0 saturated heterocycles. The fourth-order valence-corrected chi connectivity index (χ4v) is 3.31. The fourth-order valence-electron chi connectivity index (χ4n) is 2.32. The number of hydrogen-bond donors (Lipinski definition) is 1. The van der Waals surface area contributed by atoms with E-state index in [-0.39, 0.29) is 22.1 Å². The van der Waals surface area contributed by atoms with E-state index in [1.165, 1.54) is 18.2 Å². The summed E-state index contributed by atoms with van der Waals surface area (Å²) in [6, 6.07) is 13.1. The maximum Gasteiger partial charge on any atom is 0.282 e. The Bertz CT molecular complexity index is 956. The Kier molecular flexibility index (Phi) is 3.61. The molecule has 0 saturated carbocycles. The molecular formula is C17H14N2O3S. The third-order valence-electron chi connectivity index (χ3n) is 3.54. The van der Waals surface area contributed by atoms with E-state index in [4.69, 9.17) is 5.73 Å². The lowest BCUT2D eigenvalue weighted by atomic mass is 9.93. The lowest BCUT2D eigenvalue weighted by Gasteiger charge is -2.14. The second-order valence-corrected chi connectivity index (χ2v) is 6.84. The van der Waals surface area contributed by atoms with Crippen molar-refractivity contribution in [3.63, 3.8) is 0 Å². The maximum absolute atomic E-state index is 12.5. The molecule has 0 aliphatic heterocycles. The van der Waals surface area contributed by atoms with Crippen molar-refractivity contribution in [3.8, 4) is 0 Å². The number of fused-ring (bicyclic) bond motifs is 1. The number of allylic oxidation sites excluding steroid dienone is 2. The lowest BCUT2D eigenvalue weighted by Crippen LogP contribution is -2.22. The number of carbonyl (C=O) groups is 1. The summed E-state index contributed by atoms with van der Waals surface area (Å²) >= 11 is 0. The van der Waals surface area contributed by atoms with Crippen molar-refractivity contribution in [2.45, 2.75) is 11.8 Å². The van der Waals surface area contributed by atoms with Gasteiger partial charge in [-0.15, -0.1) is 0 Å². The maximum atomic E-state index is 12.5. The molecule has 2 N–H and O–H groups in total. The van der Waals surface area contributed by atoms with Crippen LogP contribution in [0, 0.1) is 6.92 Å². The van der Waals surface area contributed by atoms with Crippen LogP contribution in [-0.4, -0.2) is 19.9 Å². The van der Waals surface area contributed by atoms with Crippen LogP contribution in [0.4, 0.5) is 0 Å². The molecule has 116 valence electrons. The molecule has 0 heterocycles. The molecule has 0 radical (unpaired) electrons. The quantitative estimate of drug-likeness (QED) is 0.916. The van der Waals surface area contributed by atoms with Crippen molar-refractivity contribution in [1.29, 1.82) is 0 Å². The van der Waals surface area contributed by atoms with Gasteiger partial charge in [0, 0.05) is 11.1 Å². The van der Waals surface area contributed by atoms with Gasteiger partial charge in [0.25, 0.3) is 10.0 Å². The number of nitrogens with zero attached hydrogens (tertiary/aromatic N) is 1. The molecule has 1 aliphatic rings. The Morgan fingerprint density at radius 1 is 0.957 bits per heavy atom. The van der Waals surface area contributed by atoms with Gasteiger partial charge in [-0.1, -0.05) is 42.0 Å². The Hall–Kier alpha value is -2.73. The van der Waals surface area contributed by atoms with Crippen molar-refractivity contribution in [2.24, 2.45) is 10.1 Å². The van der Waals surface area contributed by atoms with Gasteiger partial charge >= 0.3 is 0 Å². The first-order chi connectivity index (χ1) is 10.9. The minimum absolute atomic E-state index is 0.0263. The van der Waals surface area contributed by atoms with Gasteiger partial charge in [0.15, 0.2) is 0 Å². The topological polar surface area (TPSA) is 89.6 Å². The lowest BCUT2D eigenvalue weighted by molar-refractivity contribution is 0.103. The average Bonchev–Trinajstić information content (AvgIpc) is 2.52. The monoisotopic (exact) mass is 326 g/mol. The standard InChI is InChI=1S/C17H14N2O3S/c1-11-6-8-12(9-7-11)23(21,22)19-16-10-15(18)17(20)14-5-3-2-4-13(14)16/h2-10H,18H2,1H3. The van der Waals surface area contributed by atoms with Gasteiger partial charge in [0.2, 0.25) is 5.78 Å². The van der Waals surface area contributed by atoms with E-state index in [0.717, 1.165) is 5.56 Å². The summed E-state index contributed by atoms with van der Waals surface area (Å²) < 4.78 is 28.8. The number of nitrogens with two attached hydrogens (primary N) is 1. The van der Waals surface area contributed by atoms with Gasteiger partial charge in [0.1, 0.15) is 0 Å². The fraction of sp³-hybridized carbons (Fsp3) is 0.0588.